The number of phenolic OH excluding ortho intramolecular Hbond substituents is 1. The van der Waals surface area contributed by atoms with E-state index in [1.165, 1.54) is 4.68 Å². The Morgan fingerprint density at radius 2 is 2.09 bits per heavy atom. The minimum atomic E-state index is -0.305. The molecule has 116 valence electrons. The molecular weight excluding hydrogens is 294 g/mol. The predicted molar refractivity (Wildman–Crippen MR) is 86.0 cm³/mol. The molecule has 0 saturated carbocycles. The highest BCUT2D eigenvalue weighted by Gasteiger charge is 2.08. The van der Waals surface area contributed by atoms with E-state index in [9.17, 15) is 9.90 Å². The van der Waals surface area contributed by atoms with E-state index in [4.69, 9.17) is 0 Å². The van der Waals surface area contributed by atoms with Crippen molar-refractivity contribution in [2.24, 2.45) is 5.10 Å². The smallest absolute Gasteiger partial charge is 0.261 e. The van der Waals surface area contributed by atoms with Crippen LogP contribution in [0.1, 0.15) is 12.5 Å². The molecule has 0 aliphatic rings. The van der Waals surface area contributed by atoms with Crippen molar-refractivity contribution in [1.29, 1.82) is 0 Å². The molecule has 1 heterocycles. The van der Waals surface area contributed by atoms with Crippen LogP contribution in [0.2, 0.25) is 0 Å². The van der Waals surface area contributed by atoms with Gasteiger partial charge in [0.25, 0.3) is 5.91 Å². The Kier molecular flexibility index (Phi) is 4.01. The molecule has 0 aliphatic heterocycles. The summed E-state index contributed by atoms with van der Waals surface area (Å²) in [5, 5.41) is 21.4. The fourth-order valence-corrected chi connectivity index (χ4v) is 2.15. The van der Waals surface area contributed by atoms with Gasteiger partial charge in [0.15, 0.2) is 0 Å². The van der Waals surface area contributed by atoms with Crippen molar-refractivity contribution in [1.82, 2.24) is 20.4 Å². The molecule has 2 aromatic carbocycles. The second kappa shape index (κ2) is 6.27. The summed E-state index contributed by atoms with van der Waals surface area (Å²) < 4.78 is 1.52. The van der Waals surface area contributed by atoms with Gasteiger partial charge in [-0.1, -0.05) is 29.5 Å². The first kappa shape index (κ1) is 14.7. The molecule has 7 nitrogen and oxygen atoms in total. The number of benzene rings is 2. The fraction of sp³-hybridized carbons (Fsp3) is 0.125. The molecule has 3 rings (SSSR count). The number of para-hydroxylation sites is 1. The van der Waals surface area contributed by atoms with Gasteiger partial charge in [0.2, 0.25) is 0 Å². The predicted octanol–water partition coefficient (Wildman–Crippen LogP) is 1.68. The normalized spacial score (nSPS) is 11.6. The standard InChI is InChI=1S/C16H15N5O2/c1-11(12-5-4-6-13(22)9-12)17-19-16(23)10-21-15-8-3-2-7-14(15)18-20-21/h2-9,22H,10H2,1H3,(H,19,23)/b17-11+. The zero-order chi connectivity index (χ0) is 16.2. The Morgan fingerprint density at radius 3 is 2.91 bits per heavy atom. The Morgan fingerprint density at radius 1 is 1.26 bits per heavy atom. The highest BCUT2D eigenvalue weighted by atomic mass is 16.3. The zero-order valence-corrected chi connectivity index (χ0v) is 12.5. The van der Waals surface area contributed by atoms with E-state index >= 15 is 0 Å². The molecule has 0 saturated heterocycles. The summed E-state index contributed by atoms with van der Waals surface area (Å²) in [4.78, 5) is 12.0. The van der Waals surface area contributed by atoms with Crippen LogP contribution < -0.4 is 5.43 Å². The summed E-state index contributed by atoms with van der Waals surface area (Å²) in [5.41, 5.74) is 5.33. The van der Waals surface area contributed by atoms with E-state index in [0.717, 1.165) is 16.6 Å². The van der Waals surface area contributed by atoms with Gasteiger partial charge in [-0.25, -0.2) is 10.1 Å². The molecule has 7 heteroatoms. The van der Waals surface area contributed by atoms with Crippen molar-refractivity contribution in [3.63, 3.8) is 0 Å². The molecule has 0 unspecified atom stereocenters. The first-order valence-electron chi connectivity index (χ1n) is 7.04. The SMILES string of the molecule is C/C(=N\NC(=O)Cn1nnc2ccccc21)c1cccc(O)c1. The molecule has 0 radical (unpaired) electrons. The van der Waals surface area contributed by atoms with Crippen LogP contribution in [-0.4, -0.2) is 31.7 Å². The number of nitrogens with zero attached hydrogens (tertiary/aromatic N) is 4. The lowest BCUT2D eigenvalue weighted by atomic mass is 10.1. The molecule has 0 atom stereocenters. The molecule has 3 aromatic rings. The maximum absolute atomic E-state index is 12.0. The van der Waals surface area contributed by atoms with E-state index in [0.29, 0.717) is 5.71 Å². The summed E-state index contributed by atoms with van der Waals surface area (Å²) >= 11 is 0. The highest BCUT2D eigenvalue weighted by molar-refractivity contribution is 5.99. The topological polar surface area (TPSA) is 92.4 Å². The molecule has 2 N–H and O–H groups in total. The summed E-state index contributed by atoms with van der Waals surface area (Å²) in [6.07, 6.45) is 0. The van der Waals surface area contributed by atoms with Gasteiger partial charge in [-0.2, -0.15) is 5.10 Å². The molecule has 0 aliphatic carbocycles. The Hall–Kier alpha value is -3.22. The van der Waals surface area contributed by atoms with Crippen LogP contribution in [0.3, 0.4) is 0 Å². The number of hydrogen-bond acceptors (Lipinski definition) is 5. The first-order chi connectivity index (χ1) is 11.1. The molecule has 0 bridgehead atoms. The minimum Gasteiger partial charge on any atom is -0.508 e. The second-order valence-corrected chi connectivity index (χ2v) is 5.02. The van der Waals surface area contributed by atoms with Gasteiger partial charge in [-0.3, -0.25) is 4.79 Å². The maximum atomic E-state index is 12.0. The highest BCUT2D eigenvalue weighted by Crippen LogP contribution is 2.11. The number of carbonyl (C=O) groups excluding carboxylic acids is 1. The number of phenols is 1. The molecular formula is C16H15N5O2. The van der Waals surface area contributed by atoms with Gasteiger partial charge in [0, 0.05) is 5.56 Å². The lowest BCUT2D eigenvalue weighted by Gasteiger charge is -2.04. The number of carbonyl (C=O) groups is 1. The maximum Gasteiger partial charge on any atom is 0.261 e. The molecule has 1 aromatic heterocycles. The number of rotatable bonds is 4. The average Bonchev–Trinajstić information content (AvgIpc) is 2.96. The summed E-state index contributed by atoms with van der Waals surface area (Å²) in [6.45, 7) is 1.78. The van der Waals surface area contributed by atoms with Crippen LogP contribution in [-0.2, 0) is 11.3 Å². The van der Waals surface area contributed by atoms with Crippen LogP contribution in [0.15, 0.2) is 53.6 Å². The lowest BCUT2D eigenvalue weighted by molar-refractivity contribution is -0.121. The number of hydrogen-bond donors (Lipinski definition) is 2. The van der Waals surface area contributed by atoms with Gasteiger partial charge in [-0.15, -0.1) is 5.10 Å². The van der Waals surface area contributed by atoms with Crippen molar-refractivity contribution in [3.05, 3.63) is 54.1 Å². The molecule has 0 spiro atoms. The largest absolute Gasteiger partial charge is 0.508 e. The molecule has 23 heavy (non-hydrogen) atoms. The van der Waals surface area contributed by atoms with Crippen molar-refractivity contribution in [2.75, 3.05) is 0 Å². The van der Waals surface area contributed by atoms with Crippen molar-refractivity contribution in [2.45, 2.75) is 13.5 Å². The van der Waals surface area contributed by atoms with Crippen molar-refractivity contribution < 1.29 is 9.90 Å². The Labute approximate surface area is 132 Å². The van der Waals surface area contributed by atoms with Crippen LogP contribution >= 0.6 is 0 Å². The van der Waals surface area contributed by atoms with Gasteiger partial charge in [-0.05, 0) is 31.2 Å². The van der Waals surface area contributed by atoms with E-state index < -0.39 is 0 Å². The minimum absolute atomic E-state index is 0.0251. The second-order valence-electron chi connectivity index (χ2n) is 5.02. The third kappa shape index (κ3) is 3.34. The quantitative estimate of drug-likeness (QED) is 0.566. The van der Waals surface area contributed by atoms with Gasteiger partial charge in [0.05, 0.1) is 11.2 Å². The van der Waals surface area contributed by atoms with E-state index in [2.05, 4.69) is 20.8 Å². The third-order valence-electron chi connectivity index (χ3n) is 3.33. The average molecular weight is 309 g/mol. The molecule has 1 amide bonds. The van der Waals surface area contributed by atoms with Crippen LogP contribution in [0.25, 0.3) is 11.0 Å². The Balaban J connectivity index is 1.69. The number of aromatic hydroxyl groups is 1. The number of aromatic nitrogens is 3. The van der Waals surface area contributed by atoms with Gasteiger partial charge in [0.1, 0.15) is 17.8 Å². The lowest BCUT2D eigenvalue weighted by Crippen LogP contribution is -2.24. The van der Waals surface area contributed by atoms with Crippen LogP contribution in [0.4, 0.5) is 0 Å². The van der Waals surface area contributed by atoms with E-state index in [1.807, 2.05) is 24.3 Å². The first-order valence-corrected chi connectivity index (χ1v) is 7.04. The van der Waals surface area contributed by atoms with Gasteiger partial charge >= 0.3 is 0 Å². The van der Waals surface area contributed by atoms with Crippen molar-refractivity contribution in [3.8, 4) is 5.75 Å². The fourth-order valence-electron chi connectivity index (χ4n) is 2.15. The number of nitrogens with one attached hydrogen (secondary N) is 1. The van der Waals surface area contributed by atoms with Crippen molar-refractivity contribution >= 4 is 22.7 Å². The molecule has 0 fully saturated rings. The summed E-state index contributed by atoms with van der Waals surface area (Å²) in [6, 6.07) is 14.1. The summed E-state index contributed by atoms with van der Waals surface area (Å²) in [7, 11) is 0. The third-order valence-corrected chi connectivity index (χ3v) is 3.33. The van der Waals surface area contributed by atoms with Crippen LogP contribution in [0.5, 0.6) is 5.75 Å². The Bertz CT molecular complexity index is 885. The number of hydrazone groups is 1. The monoisotopic (exact) mass is 309 g/mol. The van der Waals surface area contributed by atoms with Gasteiger partial charge < -0.3 is 5.11 Å². The van der Waals surface area contributed by atoms with E-state index in [1.54, 1.807) is 31.2 Å². The summed E-state index contributed by atoms with van der Waals surface area (Å²) in [5.74, 6) is -0.155. The van der Waals surface area contributed by atoms with Crippen LogP contribution in [0, 0.1) is 0 Å². The van der Waals surface area contributed by atoms with E-state index in [-0.39, 0.29) is 18.2 Å². The zero-order valence-electron chi connectivity index (χ0n) is 12.5. The number of amides is 1. The number of fused-ring (bicyclic) bond motifs is 1.